The van der Waals surface area contributed by atoms with Crippen LogP contribution in [0.15, 0.2) is 24.3 Å². The Kier molecular flexibility index (Phi) is 9.38. The number of aliphatic hydroxyl groups excluding tert-OH is 2. The third-order valence-corrected chi connectivity index (χ3v) is 5.20. The van der Waals surface area contributed by atoms with E-state index in [0.29, 0.717) is 31.5 Å². The van der Waals surface area contributed by atoms with Crippen LogP contribution in [-0.2, 0) is 16.1 Å². The number of piperidine rings is 1. The van der Waals surface area contributed by atoms with Crippen molar-refractivity contribution in [3.05, 3.63) is 35.4 Å². The molecule has 1 aliphatic heterocycles. The molecule has 2 unspecified atom stereocenters. The van der Waals surface area contributed by atoms with Crippen LogP contribution in [-0.4, -0.2) is 88.4 Å². The Morgan fingerprint density at radius 3 is 2.34 bits per heavy atom. The summed E-state index contributed by atoms with van der Waals surface area (Å²) in [5.41, 5.74) is 6.73. The Bertz CT molecular complexity index is 809. The standard InChI is InChI=1S/C20H30N6O6/c21-18(22)13-3-1-12(2-4-13)9-23-17(15(28)11-27)19(30)24-10-16(29)25-14-5-7-26(8-6-14)20(31)32/h1-4,14-15,17,23,27-28H,5-11H2,(H3,21,22)(H,24,30)(H,25,29)(H,31,32). The van der Waals surface area contributed by atoms with Gasteiger partial charge in [-0.05, 0) is 18.4 Å². The summed E-state index contributed by atoms with van der Waals surface area (Å²) in [5, 5.41) is 43.7. The van der Waals surface area contributed by atoms with Crippen LogP contribution >= 0.6 is 0 Å². The van der Waals surface area contributed by atoms with Crippen LogP contribution in [0.25, 0.3) is 0 Å². The van der Waals surface area contributed by atoms with Gasteiger partial charge in [0.25, 0.3) is 0 Å². The second-order valence-electron chi connectivity index (χ2n) is 7.55. The molecule has 0 spiro atoms. The molecule has 1 fully saturated rings. The van der Waals surface area contributed by atoms with E-state index in [4.69, 9.17) is 16.2 Å². The summed E-state index contributed by atoms with van der Waals surface area (Å²) in [6, 6.07) is 5.41. The molecule has 1 saturated heterocycles. The third kappa shape index (κ3) is 7.48. The second kappa shape index (κ2) is 12.0. The molecule has 1 heterocycles. The summed E-state index contributed by atoms with van der Waals surface area (Å²) < 4.78 is 0. The molecule has 2 rings (SSSR count). The van der Waals surface area contributed by atoms with Crippen molar-refractivity contribution in [2.75, 3.05) is 26.2 Å². The number of amides is 3. The molecule has 1 aromatic rings. The van der Waals surface area contributed by atoms with Crippen molar-refractivity contribution in [2.45, 2.75) is 37.6 Å². The number of nitrogens with one attached hydrogen (secondary N) is 4. The van der Waals surface area contributed by atoms with Crippen LogP contribution in [0.5, 0.6) is 0 Å². The second-order valence-corrected chi connectivity index (χ2v) is 7.55. The average Bonchev–Trinajstić information content (AvgIpc) is 2.78. The number of likely N-dealkylation sites (tertiary alicyclic amines) is 1. The van der Waals surface area contributed by atoms with Crippen molar-refractivity contribution in [3.8, 4) is 0 Å². The zero-order valence-electron chi connectivity index (χ0n) is 17.6. The summed E-state index contributed by atoms with van der Waals surface area (Å²) in [5.74, 6) is -1.14. The maximum atomic E-state index is 12.5. The minimum Gasteiger partial charge on any atom is -0.465 e. The molecule has 0 aromatic heterocycles. The molecule has 32 heavy (non-hydrogen) atoms. The number of hydrogen-bond acceptors (Lipinski definition) is 7. The SMILES string of the molecule is N=C(N)c1ccc(CNC(C(=O)NCC(=O)NC2CCN(C(=O)O)CC2)C(O)CO)cc1. The number of nitrogen functional groups attached to an aromatic ring is 1. The Hall–Kier alpha value is -3.22. The Labute approximate surface area is 185 Å². The number of rotatable bonds is 10. The molecule has 0 bridgehead atoms. The maximum Gasteiger partial charge on any atom is 0.407 e. The summed E-state index contributed by atoms with van der Waals surface area (Å²) in [4.78, 5) is 36.8. The number of carbonyl (C=O) groups excluding carboxylic acids is 2. The van der Waals surface area contributed by atoms with E-state index < -0.39 is 36.7 Å². The van der Waals surface area contributed by atoms with E-state index in [1.807, 2.05) is 0 Å². The molecular weight excluding hydrogens is 420 g/mol. The fraction of sp³-hybridized carbons (Fsp3) is 0.500. The van der Waals surface area contributed by atoms with Gasteiger partial charge in [-0.15, -0.1) is 0 Å². The van der Waals surface area contributed by atoms with E-state index in [1.54, 1.807) is 24.3 Å². The summed E-state index contributed by atoms with van der Waals surface area (Å²) >= 11 is 0. The molecule has 12 nitrogen and oxygen atoms in total. The number of amidine groups is 1. The van der Waals surface area contributed by atoms with Crippen LogP contribution in [0.1, 0.15) is 24.0 Å². The van der Waals surface area contributed by atoms with Crippen molar-refractivity contribution < 1.29 is 29.7 Å². The lowest BCUT2D eigenvalue weighted by Gasteiger charge is -2.30. The van der Waals surface area contributed by atoms with Gasteiger partial charge in [0.15, 0.2) is 0 Å². The van der Waals surface area contributed by atoms with Crippen LogP contribution in [0, 0.1) is 5.41 Å². The van der Waals surface area contributed by atoms with E-state index >= 15 is 0 Å². The average molecular weight is 450 g/mol. The fourth-order valence-corrected chi connectivity index (χ4v) is 3.31. The minimum absolute atomic E-state index is 0.0665. The first kappa shape index (κ1) is 25.0. The van der Waals surface area contributed by atoms with Gasteiger partial charge in [-0.1, -0.05) is 24.3 Å². The molecule has 2 atom stereocenters. The van der Waals surface area contributed by atoms with Gasteiger partial charge in [0, 0.05) is 31.2 Å². The molecule has 0 saturated carbocycles. The zero-order valence-corrected chi connectivity index (χ0v) is 17.6. The van der Waals surface area contributed by atoms with Gasteiger partial charge in [0.2, 0.25) is 11.8 Å². The number of benzene rings is 1. The lowest BCUT2D eigenvalue weighted by atomic mass is 10.1. The van der Waals surface area contributed by atoms with E-state index in [1.165, 1.54) is 4.90 Å². The number of aliphatic hydroxyl groups is 2. The molecule has 3 amide bonds. The van der Waals surface area contributed by atoms with Crippen molar-refractivity contribution in [1.82, 2.24) is 20.9 Å². The highest BCUT2D eigenvalue weighted by atomic mass is 16.4. The smallest absolute Gasteiger partial charge is 0.407 e. The lowest BCUT2D eigenvalue weighted by molar-refractivity contribution is -0.130. The quantitative estimate of drug-likeness (QED) is 0.150. The number of carbonyl (C=O) groups is 3. The zero-order chi connectivity index (χ0) is 23.7. The highest BCUT2D eigenvalue weighted by Crippen LogP contribution is 2.10. The highest BCUT2D eigenvalue weighted by molar-refractivity contribution is 5.94. The van der Waals surface area contributed by atoms with Gasteiger partial charge in [0.05, 0.1) is 13.2 Å². The van der Waals surface area contributed by atoms with E-state index in [0.717, 1.165) is 5.56 Å². The van der Waals surface area contributed by atoms with Gasteiger partial charge in [-0.2, -0.15) is 0 Å². The van der Waals surface area contributed by atoms with Crippen LogP contribution in [0.2, 0.25) is 0 Å². The van der Waals surface area contributed by atoms with Gasteiger partial charge >= 0.3 is 6.09 Å². The van der Waals surface area contributed by atoms with Crippen molar-refractivity contribution in [3.63, 3.8) is 0 Å². The van der Waals surface area contributed by atoms with Gasteiger partial charge < -0.3 is 36.6 Å². The Morgan fingerprint density at radius 2 is 1.81 bits per heavy atom. The predicted octanol–water partition coefficient (Wildman–Crippen LogP) is -1.84. The number of nitrogens with zero attached hydrogens (tertiary/aromatic N) is 1. The minimum atomic E-state index is -1.38. The monoisotopic (exact) mass is 450 g/mol. The first-order chi connectivity index (χ1) is 15.2. The van der Waals surface area contributed by atoms with Crippen LogP contribution < -0.4 is 21.7 Å². The summed E-state index contributed by atoms with van der Waals surface area (Å²) in [6.45, 7) is -0.116. The molecule has 9 N–H and O–H groups in total. The molecular formula is C20H30N6O6. The van der Waals surface area contributed by atoms with Gasteiger partial charge in [0.1, 0.15) is 18.0 Å². The number of nitrogens with two attached hydrogens (primary N) is 1. The van der Waals surface area contributed by atoms with E-state index in [2.05, 4.69) is 16.0 Å². The third-order valence-electron chi connectivity index (χ3n) is 5.20. The highest BCUT2D eigenvalue weighted by Gasteiger charge is 2.27. The summed E-state index contributed by atoms with van der Waals surface area (Å²) in [6.07, 6.45) is -1.39. The maximum absolute atomic E-state index is 12.5. The molecule has 1 aliphatic rings. The van der Waals surface area contributed by atoms with Crippen molar-refractivity contribution in [1.29, 1.82) is 5.41 Å². The lowest BCUT2D eigenvalue weighted by Crippen LogP contribution is -2.54. The molecule has 176 valence electrons. The molecule has 0 aliphatic carbocycles. The van der Waals surface area contributed by atoms with E-state index in [9.17, 15) is 24.6 Å². The number of hydrogen-bond donors (Lipinski definition) is 8. The van der Waals surface area contributed by atoms with E-state index in [-0.39, 0.29) is 25.0 Å². The van der Waals surface area contributed by atoms with Crippen LogP contribution in [0.4, 0.5) is 4.79 Å². The molecule has 0 radical (unpaired) electrons. The first-order valence-electron chi connectivity index (χ1n) is 10.2. The van der Waals surface area contributed by atoms with Crippen LogP contribution in [0.3, 0.4) is 0 Å². The largest absolute Gasteiger partial charge is 0.465 e. The predicted molar refractivity (Wildman–Crippen MR) is 115 cm³/mol. The number of carboxylic acid groups (broad SMARTS) is 1. The van der Waals surface area contributed by atoms with Gasteiger partial charge in [-0.25, -0.2) is 4.79 Å². The first-order valence-corrected chi connectivity index (χ1v) is 10.2. The van der Waals surface area contributed by atoms with Crippen molar-refractivity contribution >= 4 is 23.7 Å². The Balaban J connectivity index is 1.82. The summed E-state index contributed by atoms with van der Waals surface area (Å²) in [7, 11) is 0. The van der Waals surface area contributed by atoms with Crippen molar-refractivity contribution in [2.24, 2.45) is 5.73 Å². The van der Waals surface area contributed by atoms with Gasteiger partial charge in [-0.3, -0.25) is 20.3 Å². The molecule has 12 heteroatoms. The topological polar surface area (TPSA) is 201 Å². The normalized spacial score (nSPS) is 16.1. The molecule has 1 aromatic carbocycles. The fourth-order valence-electron chi connectivity index (χ4n) is 3.31. The Morgan fingerprint density at radius 1 is 1.19 bits per heavy atom.